The van der Waals surface area contributed by atoms with Crippen molar-refractivity contribution in [3.63, 3.8) is 0 Å². The third kappa shape index (κ3) is 4.79. The van der Waals surface area contributed by atoms with Crippen molar-refractivity contribution < 1.29 is 19.1 Å². The first kappa shape index (κ1) is 17.9. The quantitative estimate of drug-likeness (QED) is 0.640. The molecule has 1 aromatic heterocycles. The van der Waals surface area contributed by atoms with Gasteiger partial charge in [-0.25, -0.2) is 4.98 Å². The summed E-state index contributed by atoms with van der Waals surface area (Å²) in [6.07, 6.45) is 1.29. The van der Waals surface area contributed by atoms with Gasteiger partial charge in [-0.3, -0.25) is 14.4 Å². The van der Waals surface area contributed by atoms with Crippen LogP contribution in [-0.2, 0) is 9.53 Å². The molecule has 0 unspecified atom stereocenters. The zero-order valence-corrected chi connectivity index (χ0v) is 14.1. The van der Waals surface area contributed by atoms with Crippen LogP contribution < -0.4 is 10.6 Å². The molecule has 0 saturated carbocycles. The summed E-state index contributed by atoms with van der Waals surface area (Å²) in [5, 5.41) is 5.58. The molecule has 0 aliphatic carbocycles. The Morgan fingerprint density at radius 2 is 1.96 bits per heavy atom. The Kier molecular flexibility index (Phi) is 5.55. The zero-order chi connectivity index (χ0) is 17.7. The van der Waals surface area contributed by atoms with Gasteiger partial charge in [0, 0.05) is 26.2 Å². The summed E-state index contributed by atoms with van der Waals surface area (Å²) in [5.74, 6) is -1.43. The average Bonchev–Trinajstić information content (AvgIpc) is 3.00. The van der Waals surface area contributed by atoms with E-state index in [2.05, 4.69) is 20.6 Å². The monoisotopic (exact) mass is 337 g/mol. The molecule has 3 N–H and O–H groups in total. The Morgan fingerprint density at radius 1 is 1.29 bits per heavy atom. The second-order valence-corrected chi connectivity index (χ2v) is 6.44. The molecular weight excluding hydrogens is 314 g/mol. The van der Waals surface area contributed by atoms with Crippen molar-refractivity contribution in [3.05, 3.63) is 17.7 Å². The molecule has 0 bridgehead atoms. The summed E-state index contributed by atoms with van der Waals surface area (Å²) < 4.78 is 5.11. The maximum absolute atomic E-state index is 12.5. The highest BCUT2D eigenvalue weighted by atomic mass is 16.6. The number of piperazine rings is 1. The normalized spacial score (nSPS) is 15.0. The van der Waals surface area contributed by atoms with Crippen LogP contribution in [0.1, 0.15) is 41.7 Å². The Labute approximate surface area is 140 Å². The predicted molar refractivity (Wildman–Crippen MR) is 85.5 cm³/mol. The van der Waals surface area contributed by atoms with Gasteiger partial charge in [-0.1, -0.05) is 0 Å². The standard InChI is InChI=1S/C15H23N5O4/c1-15(2,3)24-10(21)8-17-13(22)11-12(19-9-18-11)14(23)20-6-4-16-5-7-20/h9,16H,4-8H2,1-3H3,(H,17,22)(H,18,19). The number of esters is 1. The van der Waals surface area contributed by atoms with Crippen molar-refractivity contribution in [3.8, 4) is 0 Å². The fraction of sp³-hybridized carbons (Fsp3) is 0.600. The second kappa shape index (κ2) is 7.43. The average molecular weight is 337 g/mol. The molecule has 1 fully saturated rings. The lowest BCUT2D eigenvalue weighted by atomic mass is 10.2. The van der Waals surface area contributed by atoms with Crippen molar-refractivity contribution in [2.24, 2.45) is 0 Å². The summed E-state index contributed by atoms with van der Waals surface area (Å²) in [5.41, 5.74) is -0.530. The van der Waals surface area contributed by atoms with Crippen LogP contribution in [0.3, 0.4) is 0 Å². The van der Waals surface area contributed by atoms with Crippen LogP contribution in [0.15, 0.2) is 6.33 Å². The molecule has 0 spiro atoms. The molecule has 24 heavy (non-hydrogen) atoms. The minimum atomic E-state index is -0.627. The van der Waals surface area contributed by atoms with E-state index in [1.165, 1.54) is 6.33 Å². The minimum absolute atomic E-state index is 0.0258. The van der Waals surface area contributed by atoms with E-state index in [0.29, 0.717) is 26.2 Å². The molecule has 2 amide bonds. The van der Waals surface area contributed by atoms with Crippen LogP contribution in [0.4, 0.5) is 0 Å². The lowest BCUT2D eigenvalue weighted by Gasteiger charge is -2.27. The first-order valence-corrected chi connectivity index (χ1v) is 7.81. The lowest BCUT2D eigenvalue weighted by Crippen LogP contribution is -2.47. The first-order chi connectivity index (χ1) is 11.3. The number of carbonyl (C=O) groups is 3. The fourth-order valence-electron chi connectivity index (χ4n) is 2.27. The van der Waals surface area contributed by atoms with Crippen LogP contribution in [0.25, 0.3) is 0 Å². The zero-order valence-electron chi connectivity index (χ0n) is 14.1. The van der Waals surface area contributed by atoms with E-state index in [4.69, 9.17) is 4.74 Å². The number of nitrogens with zero attached hydrogens (tertiary/aromatic N) is 2. The van der Waals surface area contributed by atoms with Gasteiger partial charge in [-0.05, 0) is 20.8 Å². The first-order valence-electron chi connectivity index (χ1n) is 7.81. The summed E-state index contributed by atoms with van der Waals surface area (Å²) in [6.45, 7) is 7.48. The topological polar surface area (TPSA) is 116 Å². The van der Waals surface area contributed by atoms with Crippen molar-refractivity contribution in [1.82, 2.24) is 25.5 Å². The van der Waals surface area contributed by atoms with Gasteiger partial charge in [0.25, 0.3) is 11.8 Å². The lowest BCUT2D eigenvalue weighted by molar-refractivity contribution is -0.153. The third-order valence-electron chi connectivity index (χ3n) is 3.29. The van der Waals surface area contributed by atoms with Gasteiger partial charge in [-0.15, -0.1) is 0 Å². The molecule has 2 heterocycles. The van der Waals surface area contributed by atoms with E-state index in [9.17, 15) is 14.4 Å². The van der Waals surface area contributed by atoms with E-state index >= 15 is 0 Å². The van der Waals surface area contributed by atoms with Gasteiger partial charge >= 0.3 is 5.97 Å². The van der Waals surface area contributed by atoms with Crippen LogP contribution in [0, 0.1) is 0 Å². The number of aromatic amines is 1. The van der Waals surface area contributed by atoms with E-state index in [0.717, 1.165) is 0 Å². The molecular formula is C15H23N5O4. The highest BCUT2D eigenvalue weighted by molar-refractivity contribution is 6.05. The summed E-state index contributed by atoms with van der Waals surface area (Å²) >= 11 is 0. The van der Waals surface area contributed by atoms with Crippen LogP contribution in [0.2, 0.25) is 0 Å². The number of H-pyrrole nitrogens is 1. The maximum Gasteiger partial charge on any atom is 0.325 e. The SMILES string of the molecule is CC(C)(C)OC(=O)CNC(=O)c1nc[nH]c1C(=O)N1CCNCC1. The smallest absolute Gasteiger partial charge is 0.325 e. The van der Waals surface area contributed by atoms with Gasteiger partial charge < -0.3 is 25.3 Å². The number of hydrogen-bond acceptors (Lipinski definition) is 6. The molecule has 0 aromatic carbocycles. The Morgan fingerprint density at radius 3 is 2.58 bits per heavy atom. The highest BCUT2D eigenvalue weighted by Gasteiger charge is 2.26. The van der Waals surface area contributed by atoms with E-state index < -0.39 is 17.5 Å². The van der Waals surface area contributed by atoms with Crippen molar-refractivity contribution in [2.75, 3.05) is 32.7 Å². The summed E-state index contributed by atoms with van der Waals surface area (Å²) in [4.78, 5) is 44.6. The number of aromatic nitrogens is 2. The summed E-state index contributed by atoms with van der Waals surface area (Å²) in [7, 11) is 0. The van der Waals surface area contributed by atoms with Gasteiger partial charge in [0.1, 0.15) is 17.8 Å². The van der Waals surface area contributed by atoms with Crippen molar-refractivity contribution in [1.29, 1.82) is 0 Å². The fourth-order valence-corrected chi connectivity index (χ4v) is 2.27. The largest absolute Gasteiger partial charge is 0.459 e. The molecule has 9 heteroatoms. The molecule has 1 aliphatic heterocycles. The second-order valence-electron chi connectivity index (χ2n) is 6.44. The van der Waals surface area contributed by atoms with Crippen LogP contribution in [0.5, 0.6) is 0 Å². The van der Waals surface area contributed by atoms with Gasteiger partial charge in [0.05, 0.1) is 6.33 Å². The molecule has 1 saturated heterocycles. The number of nitrogens with one attached hydrogen (secondary N) is 3. The van der Waals surface area contributed by atoms with Crippen LogP contribution >= 0.6 is 0 Å². The molecule has 9 nitrogen and oxygen atoms in total. The van der Waals surface area contributed by atoms with E-state index in [1.807, 2.05) is 0 Å². The van der Waals surface area contributed by atoms with Crippen LogP contribution in [-0.4, -0.2) is 71.0 Å². The Balaban J connectivity index is 1.97. The molecule has 2 rings (SSSR count). The van der Waals surface area contributed by atoms with Crippen molar-refractivity contribution >= 4 is 17.8 Å². The third-order valence-corrected chi connectivity index (χ3v) is 3.29. The number of hydrogen-bond donors (Lipinski definition) is 3. The van der Waals surface area contributed by atoms with Gasteiger partial charge in [0.2, 0.25) is 0 Å². The number of imidazole rings is 1. The molecule has 0 radical (unpaired) electrons. The molecule has 0 atom stereocenters. The van der Waals surface area contributed by atoms with Gasteiger partial charge in [0.15, 0.2) is 5.69 Å². The number of carbonyl (C=O) groups excluding carboxylic acids is 3. The molecule has 1 aromatic rings. The predicted octanol–water partition coefficient (Wildman–Crippen LogP) is -0.473. The number of rotatable bonds is 4. The molecule has 1 aliphatic rings. The number of ether oxygens (including phenoxy) is 1. The van der Waals surface area contributed by atoms with E-state index in [1.54, 1.807) is 25.7 Å². The minimum Gasteiger partial charge on any atom is -0.459 e. The molecule has 132 valence electrons. The van der Waals surface area contributed by atoms with Gasteiger partial charge in [-0.2, -0.15) is 0 Å². The summed E-state index contributed by atoms with van der Waals surface area (Å²) in [6, 6.07) is 0. The Hall–Kier alpha value is -2.42. The number of amides is 2. The maximum atomic E-state index is 12.5. The van der Waals surface area contributed by atoms with E-state index in [-0.39, 0.29) is 23.8 Å². The Bertz CT molecular complexity index is 614. The van der Waals surface area contributed by atoms with Crippen molar-refractivity contribution in [2.45, 2.75) is 26.4 Å². The highest BCUT2D eigenvalue weighted by Crippen LogP contribution is 2.09.